The van der Waals surface area contributed by atoms with Crippen LogP contribution in [0.15, 0.2) is 0 Å². The lowest BCUT2D eigenvalue weighted by atomic mass is 9.89. The molecule has 2 rings (SSSR count). The molecule has 1 saturated heterocycles. The Kier molecular flexibility index (Phi) is 8.75. The maximum atomic E-state index is 12.3. The van der Waals surface area contributed by atoms with Crippen molar-refractivity contribution in [3.8, 4) is 0 Å². The molecule has 9 heteroatoms. The molecule has 152 valence electrons. The summed E-state index contributed by atoms with van der Waals surface area (Å²) in [7, 11) is 2.94. The number of ether oxygens (including phenoxy) is 1. The van der Waals surface area contributed by atoms with Gasteiger partial charge in [0, 0.05) is 58.9 Å². The summed E-state index contributed by atoms with van der Waals surface area (Å²) in [6.45, 7) is 5.10. The zero-order valence-corrected chi connectivity index (χ0v) is 17.2. The molecule has 1 aliphatic carbocycles. The van der Waals surface area contributed by atoms with Crippen molar-refractivity contribution in [3.63, 3.8) is 0 Å². The maximum Gasteiger partial charge on any atom is 0.248 e. The van der Waals surface area contributed by atoms with Gasteiger partial charge in [0.05, 0.1) is 6.61 Å². The molecule has 0 radical (unpaired) electrons. The Bertz CT molecular complexity index is 507. The number of hydrogen-bond donors (Lipinski definition) is 1. The van der Waals surface area contributed by atoms with Crippen LogP contribution in [-0.2, 0) is 20.4 Å². The number of likely N-dealkylation sites (N-methyl/N-ethyl adjacent to an activating group) is 3. The molecule has 0 atom stereocenters. The van der Waals surface area contributed by atoms with Gasteiger partial charge in [-0.25, -0.2) is 12.7 Å². The summed E-state index contributed by atoms with van der Waals surface area (Å²) in [5.74, 6) is -0.0257. The summed E-state index contributed by atoms with van der Waals surface area (Å²) in [5.41, 5.74) is 0. The van der Waals surface area contributed by atoms with E-state index in [1.807, 2.05) is 11.9 Å². The Morgan fingerprint density at radius 2 is 1.69 bits per heavy atom. The van der Waals surface area contributed by atoms with E-state index >= 15 is 0 Å². The maximum absolute atomic E-state index is 12.3. The minimum absolute atomic E-state index is 0.0123. The van der Waals surface area contributed by atoms with E-state index in [1.165, 1.54) is 11.4 Å². The Hall–Kier alpha value is -0.740. The van der Waals surface area contributed by atoms with E-state index in [2.05, 4.69) is 16.8 Å². The Labute approximate surface area is 159 Å². The lowest BCUT2D eigenvalue weighted by molar-refractivity contribution is -0.137. The SMILES string of the molecule is CN1CCN([C@H]2CC[C@@H](N(C)C(=O)COCCN(C)[SH](=O)=O)CC2)CC1. The van der Waals surface area contributed by atoms with E-state index in [0.717, 1.165) is 51.9 Å². The molecule has 8 nitrogen and oxygen atoms in total. The van der Waals surface area contributed by atoms with Crippen molar-refractivity contribution in [2.24, 2.45) is 0 Å². The van der Waals surface area contributed by atoms with Crippen molar-refractivity contribution in [1.29, 1.82) is 0 Å². The largest absolute Gasteiger partial charge is 0.370 e. The topological polar surface area (TPSA) is 73.4 Å². The van der Waals surface area contributed by atoms with Crippen LogP contribution in [-0.4, -0.2) is 112 Å². The molecule has 0 aromatic rings. The minimum atomic E-state index is -2.58. The number of amides is 1. The number of hydrogen-bond acceptors (Lipinski definition) is 6. The zero-order valence-electron chi connectivity index (χ0n) is 16.3. The fourth-order valence-electron chi connectivity index (χ4n) is 3.74. The number of thiol groups is 1. The molecule has 1 heterocycles. The summed E-state index contributed by atoms with van der Waals surface area (Å²) in [5, 5.41) is 0. The second kappa shape index (κ2) is 10.6. The zero-order chi connectivity index (χ0) is 19.1. The van der Waals surface area contributed by atoms with Gasteiger partial charge >= 0.3 is 0 Å². The average molecular weight is 391 g/mol. The molecule has 26 heavy (non-hydrogen) atoms. The van der Waals surface area contributed by atoms with Crippen LogP contribution in [0.1, 0.15) is 25.7 Å². The molecule has 0 spiro atoms. The second-order valence-corrected chi connectivity index (χ2v) is 8.64. The van der Waals surface area contributed by atoms with Crippen molar-refractivity contribution in [2.45, 2.75) is 37.8 Å². The first-order valence-electron chi connectivity index (χ1n) is 9.50. The summed E-state index contributed by atoms with van der Waals surface area (Å²) < 4.78 is 28.0. The molecule has 0 bridgehead atoms. The van der Waals surface area contributed by atoms with Gasteiger partial charge in [-0.15, -0.1) is 0 Å². The first kappa shape index (κ1) is 21.6. The quantitative estimate of drug-likeness (QED) is 0.444. The van der Waals surface area contributed by atoms with Crippen molar-refractivity contribution in [1.82, 2.24) is 19.0 Å². The third-order valence-corrected chi connectivity index (χ3v) is 6.48. The highest BCUT2D eigenvalue weighted by Gasteiger charge is 2.30. The molecule has 0 unspecified atom stereocenters. The summed E-state index contributed by atoms with van der Waals surface area (Å²) in [4.78, 5) is 19.1. The fraction of sp³-hybridized carbons (Fsp3) is 0.941. The van der Waals surface area contributed by atoms with Crippen LogP contribution in [0.4, 0.5) is 0 Å². The van der Waals surface area contributed by atoms with E-state index in [1.54, 1.807) is 0 Å². The van der Waals surface area contributed by atoms with Crippen molar-refractivity contribution in [3.05, 3.63) is 0 Å². The van der Waals surface area contributed by atoms with Crippen LogP contribution in [0.3, 0.4) is 0 Å². The second-order valence-electron chi connectivity index (χ2n) is 7.48. The standard InChI is InChI=1S/C17H34N4O4S/c1-18-8-10-21(11-9-18)16-6-4-15(5-7-16)20(3)17(22)14-25-13-12-19(2)26(23)24/h15-16,26H,4-14H2,1-3H3/t15-,16+. The first-order valence-corrected chi connectivity index (χ1v) is 10.6. The molecule has 0 N–H and O–H groups in total. The molecule has 1 aliphatic heterocycles. The Balaban J connectivity index is 1.65. The van der Waals surface area contributed by atoms with E-state index in [0.29, 0.717) is 6.04 Å². The van der Waals surface area contributed by atoms with Gasteiger partial charge in [0.25, 0.3) is 0 Å². The predicted octanol–water partition coefficient (Wildman–Crippen LogP) is -0.522. The van der Waals surface area contributed by atoms with Crippen LogP contribution < -0.4 is 0 Å². The van der Waals surface area contributed by atoms with Gasteiger partial charge in [0.15, 0.2) is 0 Å². The van der Waals surface area contributed by atoms with Crippen molar-refractivity contribution >= 4 is 16.8 Å². The Morgan fingerprint density at radius 3 is 2.27 bits per heavy atom. The minimum Gasteiger partial charge on any atom is -0.370 e. The average Bonchev–Trinajstić information content (AvgIpc) is 2.65. The highest BCUT2D eigenvalue weighted by molar-refractivity contribution is 7.69. The molecular formula is C17H34N4O4S. The highest BCUT2D eigenvalue weighted by Crippen LogP contribution is 2.26. The number of carbonyl (C=O) groups is 1. The molecule has 1 amide bonds. The molecule has 2 aliphatic rings. The van der Waals surface area contributed by atoms with E-state index < -0.39 is 10.9 Å². The lowest BCUT2D eigenvalue weighted by Crippen LogP contribution is -2.51. The monoisotopic (exact) mass is 390 g/mol. The van der Waals surface area contributed by atoms with Gasteiger partial charge in [-0.05, 0) is 32.7 Å². The molecule has 2 fully saturated rings. The van der Waals surface area contributed by atoms with Gasteiger partial charge in [-0.3, -0.25) is 9.69 Å². The van der Waals surface area contributed by atoms with E-state index in [9.17, 15) is 13.2 Å². The van der Waals surface area contributed by atoms with Crippen LogP contribution in [0.25, 0.3) is 0 Å². The Morgan fingerprint density at radius 1 is 1.08 bits per heavy atom. The van der Waals surface area contributed by atoms with Gasteiger partial charge in [-0.2, -0.15) is 0 Å². The first-order chi connectivity index (χ1) is 12.4. The normalized spacial score (nSPS) is 25.7. The number of rotatable bonds is 8. The van der Waals surface area contributed by atoms with E-state index in [-0.39, 0.29) is 31.7 Å². The van der Waals surface area contributed by atoms with Crippen LogP contribution in [0.5, 0.6) is 0 Å². The van der Waals surface area contributed by atoms with E-state index in [4.69, 9.17) is 4.74 Å². The van der Waals surface area contributed by atoms with Crippen LogP contribution in [0, 0.1) is 0 Å². The lowest BCUT2D eigenvalue weighted by Gasteiger charge is -2.42. The third kappa shape index (κ3) is 6.45. The molecular weight excluding hydrogens is 356 g/mol. The van der Waals surface area contributed by atoms with Crippen molar-refractivity contribution < 1.29 is 17.9 Å². The van der Waals surface area contributed by atoms with Crippen LogP contribution >= 0.6 is 0 Å². The fourth-order valence-corrected chi connectivity index (χ4v) is 3.99. The molecule has 0 aromatic carbocycles. The smallest absolute Gasteiger partial charge is 0.248 e. The van der Waals surface area contributed by atoms with Crippen LogP contribution in [0.2, 0.25) is 0 Å². The third-order valence-electron chi connectivity index (χ3n) is 5.73. The molecule has 0 aromatic heterocycles. The summed E-state index contributed by atoms with van der Waals surface area (Å²) in [6.07, 6.45) is 4.37. The highest BCUT2D eigenvalue weighted by atomic mass is 32.2. The predicted molar refractivity (Wildman–Crippen MR) is 102 cm³/mol. The number of carbonyl (C=O) groups excluding carboxylic acids is 1. The van der Waals surface area contributed by atoms with Crippen molar-refractivity contribution in [2.75, 3.05) is 67.1 Å². The summed E-state index contributed by atoms with van der Waals surface area (Å²) in [6, 6.07) is 0.943. The van der Waals surface area contributed by atoms with Gasteiger partial charge in [0.2, 0.25) is 16.8 Å². The number of nitrogens with zero attached hydrogens (tertiary/aromatic N) is 4. The molecule has 1 saturated carbocycles. The van der Waals surface area contributed by atoms with Gasteiger partial charge in [0.1, 0.15) is 6.61 Å². The van der Waals surface area contributed by atoms with Gasteiger partial charge < -0.3 is 14.5 Å². The number of piperazine rings is 1. The summed E-state index contributed by atoms with van der Waals surface area (Å²) >= 11 is 0. The van der Waals surface area contributed by atoms with Gasteiger partial charge in [-0.1, -0.05) is 0 Å².